The number of sulfonamides is 2. The number of benzene rings is 4. The molecule has 0 radical (unpaired) electrons. The Balaban J connectivity index is 0.000000286. The van der Waals surface area contributed by atoms with E-state index < -0.39 is 127 Å². The van der Waals surface area contributed by atoms with Gasteiger partial charge in [-0.1, -0.05) is 86.4 Å². The van der Waals surface area contributed by atoms with Gasteiger partial charge in [0.15, 0.2) is 0 Å². The number of hydrogen-bond acceptors (Lipinski definition) is 11. The maximum atomic E-state index is 14.4. The first-order chi connectivity index (χ1) is 33.5. The van der Waals surface area contributed by atoms with Crippen molar-refractivity contribution in [1.82, 2.24) is 9.97 Å². The second kappa shape index (κ2) is 24.6. The van der Waals surface area contributed by atoms with E-state index in [4.69, 9.17) is 79.9 Å². The average Bonchev–Trinajstić information content (AvgIpc) is 3.28. The van der Waals surface area contributed by atoms with E-state index in [1.807, 2.05) is 4.72 Å². The largest absolute Gasteiger partial charge is 0.417 e. The summed E-state index contributed by atoms with van der Waals surface area (Å²) in [6.45, 7) is -0.764. The van der Waals surface area contributed by atoms with Crippen LogP contribution in [0.15, 0.2) is 122 Å². The monoisotopic (exact) mass is 1190 g/mol. The maximum Gasteiger partial charge on any atom is 0.417 e. The van der Waals surface area contributed by atoms with Crippen molar-refractivity contribution >= 4 is 124 Å². The summed E-state index contributed by atoms with van der Waals surface area (Å²) in [4.78, 5) is 32.0. The lowest BCUT2D eigenvalue weighted by molar-refractivity contribution is -0.138. The smallest absolute Gasteiger partial charge is 0.363 e. The van der Waals surface area contributed by atoms with E-state index in [9.17, 15) is 61.5 Å². The molecule has 0 saturated carbocycles. The first-order valence-electron chi connectivity index (χ1n) is 18.5. The van der Waals surface area contributed by atoms with Gasteiger partial charge in [0.25, 0.3) is 20.0 Å². The molecular formula is C40H23Cl7F8N8O7S2. The fourth-order valence-corrected chi connectivity index (χ4v) is 9.44. The van der Waals surface area contributed by atoms with Gasteiger partial charge in [-0.3, -0.25) is 14.3 Å². The van der Waals surface area contributed by atoms with Gasteiger partial charge in [0, 0.05) is 19.5 Å². The van der Waals surface area contributed by atoms with Gasteiger partial charge in [-0.15, -0.1) is 0 Å². The fraction of sp³-hybridized carbons (Fsp3) is 0.100. The summed E-state index contributed by atoms with van der Waals surface area (Å²) in [6.07, 6.45) is -7.85. The number of nitrogens with one attached hydrogen (secondary N) is 2. The summed E-state index contributed by atoms with van der Waals surface area (Å²) in [5.41, 5.74) is -0.189. The number of ether oxygens (including phenoxy) is 1. The van der Waals surface area contributed by atoms with E-state index in [-0.39, 0.29) is 20.1 Å². The van der Waals surface area contributed by atoms with E-state index in [0.717, 1.165) is 68.0 Å². The minimum absolute atomic E-state index is 0.106. The van der Waals surface area contributed by atoms with Crippen molar-refractivity contribution in [3.63, 3.8) is 0 Å². The van der Waals surface area contributed by atoms with Crippen molar-refractivity contribution < 1.29 is 66.3 Å². The van der Waals surface area contributed by atoms with E-state index in [2.05, 4.69) is 36.8 Å². The lowest BCUT2D eigenvalue weighted by Crippen LogP contribution is -2.34. The minimum atomic E-state index is -4.95. The van der Waals surface area contributed by atoms with Crippen LogP contribution in [0.2, 0.25) is 30.1 Å². The molecule has 0 amide bonds. The van der Waals surface area contributed by atoms with Crippen molar-refractivity contribution in [3.8, 4) is 0 Å². The standard InChI is InChI=1S/C21H13Cl3F4N2O4S.C19H9Cl3F4N2O3S.ClHN4/c1-34-10-30(35(32,33)12-5-6-14(23)13(8-12)21(26,27)28)17-7-11(22)9-29-19(17)20(31)18-15(24)3-2-4-16(18)25;20-9-6-15(17(27-8-9)18(29)16-13(22)2-1-3-14(16)23)28-32(30,31)10-4-5-12(21)11(7-10)19(24,25)26;1-3-5-4-2/h2-9H,10H2,1H3;1-8,28H;2H. The summed E-state index contributed by atoms with van der Waals surface area (Å²) >= 11 is 39.3. The predicted octanol–water partition coefficient (Wildman–Crippen LogP) is 14.0. The molecule has 6 rings (SSSR count). The normalized spacial score (nSPS) is 11.8. The molecule has 0 spiro atoms. The molecule has 2 aromatic heterocycles. The fourth-order valence-electron chi connectivity index (χ4n) is 5.66. The Hall–Kier alpha value is -5.35. The van der Waals surface area contributed by atoms with Crippen LogP contribution in [0.1, 0.15) is 43.2 Å². The summed E-state index contributed by atoms with van der Waals surface area (Å²) in [7, 11) is -8.38. The van der Waals surface area contributed by atoms with Gasteiger partial charge in [0.1, 0.15) is 29.8 Å². The molecule has 382 valence electrons. The van der Waals surface area contributed by atoms with E-state index >= 15 is 0 Å². The zero-order valence-corrected chi connectivity index (χ0v) is 41.9. The zero-order valence-electron chi connectivity index (χ0n) is 35.0. The average molecular weight is 1190 g/mol. The lowest BCUT2D eigenvalue weighted by atomic mass is 10.1. The highest BCUT2D eigenvalue weighted by molar-refractivity contribution is 7.93. The molecule has 0 aliphatic rings. The van der Waals surface area contributed by atoms with Crippen LogP contribution in [0.25, 0.3) is 0 Å². The predicted molar refractivity (Wildman–Crippen MR) is 249 cm³/mol. The molecule has 72 heavy (non-hydrogen) atoms. The molecule has 0 aliphatic carbocycles. The molecule has 0 unspecified atom stereocenters. The third kappa shape index (κ3) is 14.4. The molecule has 0 fully saturated rings. The lowest BCUT2D eigenvalue weighted by Gasteiger charge is -2.25. The number of alkyl halides is 6. The number of methoxy groups -OCH3 is 1. The van der Waals surface area contributed by atoms with Crippen LogP contribution in [-0.4, -0.2) is 52.2 Å². The molecule has 0 aliphatic heterocycles. The Morgan fingerprint density at radius 3 is 1.58 bits per heavy atom. The SMILES string of the molecule is COCN(c1cc(Cl)cnc1C(=O)c1c(F)cccc1Cl)S(=O)(=O)c1ccc(Cl)c(C(F)(F)F)c1.N=NN=NCl.O=C(c1ncc(Cl)cc1NS(=O)(=O)c1ccc(Cl)c(C(F)(F)F)c1)c1c(F)cccc1Cl. The number of halogens is 15. The molecule has 0 saturated heterocycles. The second-order valence-electron chi connectivity index (χ2n) is 13.3. The van der Waals surface area contributed by atoms with Crippen molar-refractivity contribution in [2.75, 3.05) is 22.9 Å². The summed E-state index contributed by atoms with van der Waals surface area (Å²) in [5.74, 6) is -4.16. The number of carbonyl (C=O) groups is 2. The van der Waals surface area contributed by atoms with Gasteiger partial charge in [-0.2, -0.15) is 31.9 Å². The van der Waals surface area contributed by atoms with Crippen LogP contribution in [0, 0.1) is 17.2 Å². The van der Waals surface area contributed by atoms with Gasteiger partial charge in [-0.25, -0.2) is 39.9 Å². The Morgan fingerprint density at radius 1 is 0.681 bits per heavy atom. The highest BCUT2D eigenvalue weighted by Crippen LogP contribution is 2.39. The highest BCUT2D eigenvalue weighted by atomic mass is 35.5. The van der Waals surface area contributed by atoms with Crippen LogP contribution in [0.3, 0.4) is 0 Å². The number of nitrogens with zero attached hydrogens (tertiary/aromatic N) is 6. The van der Waals surface area contributed by atoms with Crippen LogP contribution >= 0.6 is 81.4 Å². The zero-order chi connectivity index (χ0) is 54.1. The first kappa shape index (κ1) is 59.2. The van der Waals surface area contributed by atoms with Crippen molar-refractivity contribution in [2.24, 2.45) is 15.1 Å². The van der Waals surface area contributed by atoms with Crippen LogP contribution in [0.5, 0.6) is 0 Å². The highest BCUT2D eigenvalue weighted by Gasteiger charge is 2.38. The Morgan fingerprint density at radius 2 is 1.14 bits per heavy atom. The molecule has 0 atom stereocenters. The number of pyridine rings is 2. The summed E-state index contributed by atoms with van der Waals surface area (Å²) in [6, 6.07) is 12.8. The van der Waals surface area contributed by atoms with Gasteiger partial charge >= 0.3 is 12.4 Å². The van der Waals surface area contributed by atoms with Crippen LogP contribution in [-0.2, 0) is 37.1 Å². The van der Waals surface area contributed by atoms with E-state index in [1.54, 1.807) is 0 Å². The van der Waals surface area contributed by atoms with E-state index in [0.29, 0.717) is 16.4 Å². The maximum absolute atomic E-state index is 14.4. The molecule has 2 heterocycles. The quantitative estimate of drug-likeness (QED) is 0.0369. The molecule has 4 aromatic carbocycles. The third-order valence-electron chi connectivity index (χ3n) is 8.72. The van der Waals surface area contributed by atoms with Crippen LogP contribution < -0.4 is 9.03 Å². The molecule has 6 aromatic rings. The number of aromatic nitrogens is 2. The molecule has 32 heteroatoms. The number of carbonyl (C=O) groups excluding carboxylic acids is 2. The van der Waals surface area contributed by atoms with Gasteiger partial charge in [0.05, 0.1) is 85.3 Å². The van der Waals surface area contributed by atoms with Crippen molar-refractivity contribution in [3.05, 3.63) is 173 Å². The minimum Gasteiger partial charge on any atom is -0.363 e. The molecule has 15 nitrogen and oxygen atoms in total. The number of ketones is 2. The first-order valence-corrected chi connectivity index (χ1v) is 24.0. The molecule has 2 N–H and O–H groups in total. The van der Waals surface area contributed by atoms with E-state index in [1.165, 1.54) is 24.3 Å². The van der Waals surface area contributed by atoms with Gasteiger partial charge < -0.3 is 4.74 Å². The number of anilines is 2. The third-order valence-corrected chi connectivity index (χ3v) is 13.6. The number of hydrogen-bond donors (Lipinski definition) is 2. The van der Waals surface area contributed by atoms with Crippen molar-refractivity contribution in [2.45, 2.75) is 22.1 Å². The van der Waals surface area contributed by atoms with Gasteiger partial charge in [-0.05, 0) is 83.2 Å². The van der Waals surface area contributed by atoms with Gasteiger partial charge in [0.2, 0.25) is 11.6 Å². The molecular weight excluding hydrogens is 1170 g/mol. The summed E-state index contributed by atoms with van der Waals surface area (Å²) < 4.78 is 170. The summed E-state index contributed by atoms with van der Waals surface area (Å²) in [5, 5.41) is 2.90. The molecule has 0 bridgehead atoms. The second-order valence-corrected chi connectivity index (χ2v) is 19.5. The Kier molecular flexibility index (Phi) is 20.2. The Labute approximate surface area is 436 Å². The topological polar surface area (TPSA) is 214 Å². The van der Waals surface area contributed by atoms with Crippen LogP contribution in [0.4, 0.5) is 46.5 Å². The number of rotatable bonds is 13. The van der Waals surface area contributed by atoms with Crippen molar-refractivity contribution in [1.29, 1.82) is 5.53 Å². The Bertz CT molecular complexity index is 3270.